The van der Waals surface area contributed by atoms with Gasteiger partial charge in [0.25, 0.3) is 0 Å². The smallest absolute Gasteiger partial charge is 0.238 e. The highest BCUT2D eigenvalue weighted by Crippen LogP contribution is 2.36. The fraction of sp³-hybridized carbons (Fsp3) is 0.550. The van der Waals surface area contributed by atoms with Crippen LogP contribution in [0, 0.1) is 13.8 Å². The highest BCUT2D eigenvalue weighted by atomic mass is 35.5. The summed E-state index contributed by atoms with van der Waals surface area (Å²) in [6.07, 6.45) is 10.6. The lowest BCUT2D eigenvalue weighted by atomic mass is 9.92. The quantitative estimate of drug-likeness (QED) is 0.807. The van der Waals surface area contributed by atoms with Crippen LogP contribution in [0.15, 0.2) is 24.3 Å². The Labute approximate surface area is 151 Å². The molecule has 1 heterocycles. The van der Waals surface area contributed by atoms with Crippen LogP contribution >= 0.6 is 12.4 Å². The standard InChI is InChI=1S/C20H28N2O.ClH/c1-15-12-16(2)20(18(13-15)17-8-4-5-9-17)21-19(23)14-22-10-6-3-7-11-22;/h4,8,12-13,17H,3,5-7,9-11,14H2,1-2H3,(H,21,23);1H. The van der Waals surface area contributed by atoms with Crippen molar-refractivity contribution in [2.75, 3.05) is 25.0 Å². The van der Waals surface area contributed by atoms with Crippen LogP contribution in [-0.2, 0) is 4.79 Å². The number of hydrogen-bond donors (Lipinski definition) is 1. The molecule has 4 heteroatoms. The molecule has 0 radical (unpaired) electrons. The van der Waals surface area contributed by atoms with Crippen LogP contribution in [0.2, 0.25) is 0 Å². The van der Waals surface area contributed by atoms with E-state index in [1.54, 1.807) is 0 Å². The van der Waals surface area contributed by atoms with E-state index in [4.69, 9.17) is 0 Å². The van der Waals surface area contributed by atoms with Gasteiger partial charge in [-0.15, -0.1) is 12.4 Å². The summed E-state index contributed by atoms with van der Waals surface area (Å²) in [4.78, 5) is 14.8. The van der Waals surface area contributed by atoms with Gasteiger partial charge < -0.3 is 5.32 Å². The van der Waals surface area contributed by atoms with Crippen LogP contribution in [0.3, 0.4) is 0 Å². The molecule has 1 atom stereocenters. The molecule has 1 aromatic rings. The number of nitrogens with zero attached hydrogens (tertiary/aromatic N) is 1. The minimum absolute atomic E-state index is 0. The number of likely N-dealkylation sites (tertiary alicyclic amines) is 1. The zero-order valence-electron chi connectivity index (χ0n) is 14.8. The van der Waals surface area contributed by atoms with Crippen molar-refractivity contribution in [1.29, 1.82) is 0 Å². The summed E-state index contributed by atoms with van der Waals surface area (Å²) in [5.74, 6) is 0.570. The van der Waals surface area contributed by atoms with Gasteiger partial charge in [0, 0.05) is 11.6 Å². The molecule has 1 N–H and O–H groups in total. The van der Waals surface area contributed by atoms with Crippen LogP contribution in [0.4, 0.5) is 5.69 Å². The number of benzene rings is 1. The molecular formula is C20H29ClN2O. The molecular weight excluding hydrogens is 320 g/mol. The molecule has 0 spiro atoms. The van der Waals surface area contributed by atoms with Gasteiger partial charge in [0.15, 0.2) is 0 Å². The maximum absolute atomic E-state index is 12.5. The van der Waals surface area contributed by atoms with E-state index in [2.05, 4.69) is 48.3 Å². The number of halogens is 1. The molecule has 132 valence electrons. The Hall–Kier alpha value is -1.32. The molecule has 1 unspecified atom stereocenters. The van der Waals surface area contributed by atoms with Crippen LogP contribution in [0.1, 0.15) is 54.7 Å². The van der Waals surface area contributed by atoms with Crippen LogP contribution in [-0.4, -0.2) is 30.4 Å². The summed E-state index contributed by atoms with van der Waals surface area (Å²) in [6, 6.07) is 4.41. The van der Waals surface area contributed by atoms with Crippen LogP contribution in [0.5, 0.6) is 0 Å². The molecule has 1 saturated heterocycles. The number of anilines is 1. The molecule has 1 aromatic carbocycles. The second-order valence-corrected chi connectivity index (χ2v) is 7.04. The Morgan fingerprint density at radius 1 is 1.21 bits per heavy atom. The molecule has 24 heavy (non-hydrogen) atoms. The Morgan fingerprint density at radius 3 is 2.62 bits per heavy atom. The van der Waals surface area contributed by atoms with Crippen LogP contribution in [0.25, 0.3) is 0 Å². The summed E-state index contributed by atoms with van der Waals surface area (Å²) in [7, 11) is 0. The summed E-state index contributed by atoms with van der Waals surface area (Å²) < 4.78 is 0. The zero-order chi connectivity index (χ0) is 16.2. The van der Waals surface area contributed by atoms with E-state index in [-0.39, 0.29) is 18.3 Å². The summed E-state index contributed by atoms with van der Waals surface area (Å²) >= 11 is 0. The van der Waals surface area contributed by atoms with Crippen molar-refractivity contribution in [1.82, 2.24) is 4.90 Å². The first-order valence-electron chi connectivity index (χ1n) is 8.93. The molecule has 3 rings (SSSR count). The van der Waals surface area contributed by atoms with Gasteiger partial charge in [0.2, 0.25) is 5.91 Å². The number of piperidine rings is 1. The van der Waals surface area contributed by atoms with E-state index in [9.17, 15) is 4.79 Å². The predicted octanol–water partition coefficient (Wildman–Crippen LogP) is 4.58. The average molecular weight is 349 g/mol. The van der Waals surface area contributed by atoms with Crippen molar-refractivity contribution in [2.24, 2.45) is 0 Å². The predicted molar refractivity (Wildman–Crippen MR) is 103 cm³/mol. The van der Waals surface area contributed by atoms with Crippen molar-refractivity contribution >= 4 is 24.0 Å². The average Bonchev–Trinajstić information content (AvgIpc) is 3.05. The number of hydrogen-bond acceptors (Lipinski definition) is 2. The maximum Gasteiger partial charge on any atom is 0.238 e. The largest absolute Gasteiger partial charge is 0.324 e. The third-order valence-electron chi connectivity index (χ3n) is 5.00. The van der Waals surface area contributed by atoms with E-state index in [0.717, 1.165) is 31.6 Å². The van der Waals surface area contributed by atoms with Crippen molar-refractivity contribution in [3.63, 3.8) is 0 Å². The zero-order valence-corrected chi connectivity index (χ0v) is 15.6. The third-order valence-corrected chi connectivity index (χ3v) is 5.00. The minimum atomic E-state index is 0. The third kappa shape index (κ3) is 4.61. The normalized spacial score (nSPS) is 20.7. The molecule has 2 aliphatic rings. The molecule has 0 aromatic heterocycles. The lowest BCUT2D eigenvalue weighted by Crippen LogP contribution is -2.37. The number of rotatable bonds is 4. The van der Waals surface area contributed by atoms with E-state index in [1.807, 2.05) is 0 Å². The fourth-order valence-corrected chi connectivity index (χ4v) is 3.85. The first-order valence-corrected chi connectivity index (χ1v) is 8.93. The van der Waals surface area contributed by atoms with E-state index < -0.39 is 0 Å². The first kappa shape index (κ1) is 19.0. The van der Waals surface area contributed by atoms with Gasteiger partial charge in [0.1, 0.15) is 0 Å². The van der Waals surface area contributed by atoms with Crippen molar-refractivity contribution < 1.29 is 4.79 Å². The monoisotopic (exact) mass is 348 g/mol. The van der Waals surface area contributed by atoms with E-state index >= 15 is 0 Å². The number of allylic oxidation sites excluding steroid dienone is 2. The van der Waals surface area contributed by atoms with Crippen molar-refractivity contribution in [3.8, 4) is 0 Å². The Bertz CT molecular complexity index is 606. The van der Waals surface area contributed by atoms with Gasteiger partial charge in [-0.2, -0.15) is 0 Å². The molecule has 1 aliphatic heterocycles. The minimum Gasteiger partial charge on any atom is -0.324 e. The number of aryl methyl sites for hydroxylation is 2. The Kier molecular flexibility index (Phi) is 6.88. The van der Waals surface area contributed by atoms with Gasteiger partial charge in [-0.25, -0.2) is 0 Å². The lowest BCUT2D eigenvalue weighted by Gasteiger charge is -2.26. The highest BCUT2D eigenvalue weighted by molar-refractivity contribution is 5.94. The Balaban J connectivity index is 0.00000208. The van der Waals surface area contributed by atoms with Gasteiger partial charge in [-0.1, -0.05) is 36.3 Å². The maximum atomic E-state index is 12.5. The van der Waals surface area contributed by atoms with Gasteiger partial charge in [-0.05, 0) is 63.7 Å². The van der Waals surface area contributed by atoms with Crippen molar-refractivity contribution in [3.05, 3.63) is 41.0 Å². The number of nitrogens with one attached hydrogen (secondary N) is 1. The lowest BCUT2D eigenvalue weighted by molar-refractivity contribution is -0.117. The molecule has 1 fully saturated rings. The van der Waals surface area contributed by atoms with Gasteiger partial charge in [0.05, 0.1) is 6.54 Å². The topological polar surface area (TPSA) is 32.3 Å². The molecule has 0 bridgehead atoms. The van der Waals surface area contributed by atoms with Gasteiger partial charge in [-0.3, -0.25) is 9.69 Å². The number of carbonyl (C=O) groups excluding carboxylic acids is 1. The molecule has 3 nitrogen and oxygen atoms in total. The van der Waals surface area contributed by atoms with E-state index in [0.29, 0.717) is 12.5 Å². The molecule has 1 amide bonds. The van der Waals surface area contributed by atoms with Crippen LogP contribution < -0.4 is 5.32 Å². The fourth-order valence-electron chi connectivity index (χ4n) is 3.85. The van der Waals surface area contributed by atoms with Crippen molar-refractivity contribution in [2.45, 2.75) is 51.9 Å². The second-order valence-electron chi connectivity index (χ2n) is 7.04. The first-order chi connectivity index (χ1) is 11.1. The number of amides is 1. The second kappa shape index (κ2) is 8.68. The number of carbonyl (C=O) groups is 1. The van der Waals surface area contributed by atoms with E-state index in [1.165, 1.54) is 36.0 Å². The molecule has 0 saturated carbocycles. The Morgan fingerprint density at radius 2 is 1.96 bits per heavy atom. The summed E-state index contributed by atoms with van der Waals surface area (Å²) in [5, 5.41) is 3.22. The highest BCUT2D eigenvalue weighted by Gasteiger charge is 2.20. The SMILES string of the molecule is Cc1cc(C)c(NC(=O)CN2CCCCC2)c(C2C=CCC2)c1.Cl. The summed E-state index contributed by atoms with van der Waals surface area (Å²) in [6.45, 7) is 6.87. The molecule has 1 aliphatic carbocycles. The summed E-state index contributed by atoms with van der Waals surface area (Å²) in [5.41, 5.74) is 4.76. The van der Waals surface area contributed by atoms with Gasteiger partial charge >= 0.3 is 0 Å².